The van der Waals surface area contributed by atoms with E-state index in [2.05, 4.69) is 19.9 Å². The van der Waals surface area contributed by atoms with Gasteiger partial charge in [-0.1, -0.05) is 0 Å². The number of nitro benzene ring substituents is 1. The summed E-state index contributed by atoms with van der Waals surface area (Å²) in [5, 5.41) is 13.2. The van der Waals surface area contributed by atoms with Gasteiger partial charge in [-0.3, -0.25) is 15.1 Å². The fraction of sp³-hybridized carbons (Fsp3) is 0.143. The van der Waals surface area contributed by atoms with Crippen LogP contribution in [0.2, 0.25) is 0 Å². The van der Waals surface area contributed by atoms with E-state index >= 15 is 0 Å². The van der Waals surface area contributed by atoms with Gasteiger partial charge in [0.15, 0.2) is 5.52 Å². The van der Waals surface area contributed by atoms with Crippen molar-refractivity contribution >= 4 is 39.6 Å². The molecule has 0 saturated heterocycles. The van der Waals surface area contributed by atoms with Crippen molar-refractivity contribution in [3.63, 3.8) is 0 Å². The van der Waals surface area contributed by atoms with E-state index in [1.54, 1.807) is 23.2 Å². The fourth-order valence-corrected chi connectivity index (χ4v) is 2.12. The summed E-state index contributed by atoms with van der Waals surface area (Å²) >= 11 is 0. The molecule has 0 bridgehead atoms. The number of fused-ring (bicyclic) bond motifs is 2. The number of non-ortho nitro benzene ring substituents is 1. The van der Waals surface area contributed by atoms with Gasteiger partial charge in [0.25, 0.3) is 5.95 Å². The Hall–Kier alpha value is -3.16. The molecular formula is C14H12N6O2. The van der Waals surface area contributed by atoms with Crippen LogP contribution in [0.1, 0.15) is 0 Å². The Bertz CT molecular complexity index is 906. The second-order valence-corrected chi connectivity index (χ2v) is 4.90. The summed E-state index contributed by atoms with van der Waals surface area (Å²) in [6.07, 6.45) is 6.18. The van der Waals surface area contributed by atoms with Gasteiger partial charge in [0.1, 0.15) is 0 Å². The number of rotatable bonds is 3. The Morgan fingerprint density at radius 1 is 1.32 bits per heavy atom. The lowest BCUT2D eigenvalue weighted by Gasteiger charge is -2.05. The second kappa shape index (κ2) is 5.32. The lowest BCUT2D eigenvalue weighted by Crippen LogP contribution is -2.07. The van der Waals surface area contributed by atoms with Crippen molar-refractivity contribution < 1.29 is 4.92 Å². The number of pyridine rings is 1. The van der Waals surface area contributed by atoms with Gasteiger partial charge in [0.05, 0.1) is 16.6 Å². The average Bonchev–Trinajstić information content (AvgIpc) is 2.50. The van der Waals surface area contributed by atoms with Crippen molar-refractivity contribution in [1.82, 2.24) is 19.9 Å². The first-order chi connectivity index (χ1) is 10.6. The first-order valence-electron chi connectivity index (χ1n) is 6.45. The van der Waals surface area contributed by atoms with Crippen molar-refractivity contribution in [3.05, 3.63) is 40.8 Å². The van der Waals surface area contributed by atoms with E-state index in [1.165, 1.54) is 18.7 Å². The fourth-order valence-electron chi connectivity index (χ4n) is 2.12. The largest absolute Gasteiger partial charge is 0.369 e. The first-order valence-corrected chi connectivity index (χ1v) is 6.45. The standard InChI is InChI=1S/C14H12N6O2/c1-19(2)8-17-14-16-7-10-5-9-6-15-4-3-11(9)13(20(21)22)12(10)18-14/h3-8H,1-2H3/b17-8+. The summed E-state index contributed by atoms with van der Waals surface area (Å²) in [4.78, 5) is 29.2. The summed E-state index contributed by atoms with van der Waals surface area (Å²) in [5.74, 6) is 0.178. The highest BCUT2D eigenvalue weighted by atomic mass is 16.6. The normalized spacial score (nSPS) is 11.4. The molecule has 0 radical (unpaired) electrons. The predicted molar refractivity (Wildman–Crippen MR) is 83.3 cm³/mol. The van der Waals surface area contributed by atoms with Crippen molar-refractivity contribution in [2.75, 3.05) is 14.1 Å². The van der Waals surface area contributed by atoms with Crippen LogP contribution in [0, 0.1) is 10.1 Å². The summed E-state index contributed by atoms with van der Waals surface area (Å²) in [7, 11) is 3.63. The summed E-state index contributed by atoms with van der Waals surface area (Å²) in [5.41, 5.74) is 0.211. The monoisotopic (exact) mass is 296 g/mol. The molecule has 2 heterocycles. The molecule has 1 aromatic carbocycles. The average molecular weight is 296 g/mol. The van der Waals surface area contributed by atoms with Crippen molar-refractivity contribution in [2.24, 2.45) is 4.99 Å². The third-order valence-electron chi connectivity index (χ3n) is 3.03. The van der Waals surface area contributed by atoms with Crippen LogP contribution in [0.3, 0.4) is 0 Å². The van der Waals surface area contributed by atoms with Crippen LogP contribution in [-0.4, -0.2) is 45.2 Å². The van der Waals surface area contributed by atoms with Crippen LogP contribution in [-0.2, 0) is 0 Å². The number of aliphatic imine (C=N–C) groups is 1. The molecule has 0 N–H and O–H groups in total. The highest BCUT2D eigenvalue weighted by Gasteiger charge is 2.19. The van der Waals surface area contributed by atoms with E-state index in [0.717, 1.165) is 0 Å². The molecule has 0 aliphatic rings. The van der Waals surface area contributed by atoms with Crippen molar-refractivity contribution in [3.8, 4) is 0 Å². The van der Waals surface area contributed by atoms with Gasteiger partial charge in [0, 0.05) is 43.5 Å². The molecule has 22 heavy (non-hydrogen) atoms. The van der Waals surface area contributed by atoms with Gasteiger partial charge in [-0.2, -0.15) is 0 Å². The van der Waals surface area contributed by atoms with E-state index in [4.69, 9.17) is 0 Å². The molecular weight excluding hydrogens is 284 g/mol. The van der Waals surface area contributed by atoms with Crippen LogP contribution in [0.25, 0.3) is 21.7 Å². The minimum absolute atomic E-state index is 0.0568. The summed E-state index contributed by atoms with van der Waals surface area (Å²) in [6.45, 7) is 0. The zero-order valence-corrected chi connectivity index (χ0v) is 12.0. The molecule has 0 aliphatic heterocycles. The van der Waals surface area contributed by atoms with Gasteiger partial charge in [0.2, 0.25) is 0 Å². The summed E-state index contributed by atoms with van der Waals surface area (Å²) in [6, 6.07) is 3.39. The topological polar surface area (TPSA) is 97.4 Å². The maximum Gasteiger partial charge on any atom is 0.303 e. The van der Waals surface area contributed by atoms with Gasteiger partial charge in [-0.05, 0) is 12.1 Å². The Labute approximate surface area is 125 Å². The lowest BCUT2D eigenvalue weighted by atomic mass is 10.1. The second-order valence-electron chi connectivity index (χ2n) is 4.90. The molecule has 0 atom stereocenters. The minimum Gasteiger partial charge on any atom is -0.369 e. The van der Waals surface area contributed by atoms with Crippen LogP contribution < -0.4 is 0 Å². The van der Waals surface area contributed by atoms with Crippen LogP contribution in [0.5, 0.6) is 0 Å². The smallest absolute Gasteiger partial charge is 0.303 e. The molecule has 0 fully saturated rings. The molecule has 0 amide bonds. The highest BCUT2D eigenvalue weighted by Crippen LogP contribution is 2.33. The third-order valence-corrected chi connectivity index (χ3v) is 3.03. The SMILES string of the molecule is CN(C)/C=N/c1ncc2cc3cnccc3c([N+](=O)[O-])c2n1. The molecule has 3 rings (SSSR count). The van der Waals surface area contributed by atoms with E-state index in [-0.39, 0.29) is 17.2 Å². The Morgan fingerprint density at radius 2 is 2.14 bits per heavy atom. The molecule has 110 valence electrons. The quantitative estimate of drug-likeness (QED) is 0.242. The van der Waals surface area contributed by atoms with Gasteiger partial charge in [-0.25, -0.2) is 15.0 Å². The van der Waals surface area contributed by atoms with E-state index in [9.17, 15) is 10.1 Å². The van der Waals surface area contributed by atoms with Gasteiger partial charge >= 0.3 is 5.69 Å². The van der Waals surface area contributed by atoms with Gasteiger partial charge < -0.3 is 4.90 Å². The highest BCUT2D eigenvalue weighted by molar-refractivity contribution is 6.05. The van der Waals surface area contributed by atoms with Gasteiger partial charge in [-0.15, -0.1) is 0 Å². The molecule has 3 aromatic rings. The molecule has 0 unspecified atom stereocenters. The number of nitro groups is 1. The van der Waals surface area contributed by atoms with Crippen LogP contribution >= 0.6 is 0 Å². The zero-order chi connectivity index (χ0) is 15.7. The number of benzene rings is 1. The molecule has 2 aromatic heterocycles. The van der Waals surface area contributed by atoms with Crippen molar-refractivity contribution in [1.29, 1.82) is 0 Å². The number of hydrogen-bond donors (Lipinski definition) is 0. The van der Waals surface area contributed by atoms with Crippen LogP contribution in [0.15, 0.2) is 35.7 Å². The first kappa shape index (κ1) is 13.8. The lowest BCUT2D eigenvalue weighted by molar-refractivity contribution is -0.381. The minimum atomic E-state index is -0.433. The predicted octanol–water partition coefficient (Wildman–Crippen LogP) is 2.31. The Balaban J connectivity index is 2.32. The maximum atomic E-state index is 11.5. The molecule has 0 saturated carbocycles. The summed E-state index contributed by atoms with van der Waals surface area (Å²) < 4.78 is 0. The number of nitrogens with zero attached hydrogens (tertiary/aromatic N) is 6. The maximum absolute atomic E-state index is 11.5. The Morgan fingerprint density at radius 3 is 2.86 bits per heavy atom. The molecule has 0 aliphatic carbocycles. The van der Waals surface area contributed by atoms with E-state index < -0.39 is 4.92 Å². The van der Waals surface area contributed by atoms with Crippen LogP contribution in [0.4, 0.5) is 11.6 Å². The third kappa shape index (κ3) is 2.41. The zero-order valence-electron chi connectivity index (χ0n) is 12.0. The molecule has 0 spiro atoms. The van der Waals surface area contributed by atoms with E-state index in [0.29, 0.717) is 16.2 Å². The van der Waals surface area contributed by atoms with E-state index in [1.807, 2.05) is 14.1 Å². The Kier molecular flexibility index (Phi) is 3.34. The van der Waals surface area contributed by atoms with Crippen molar-refractivity contribution in [2.45, 2.75) is 0 Å². The number of hydrogen-bond acceptors (Lipinski definition) is 6. The molecule has 8 nitrogen and oxygen atoms in total. The number of aromatic nitrogens is 3. The molecule has 8 heteroatoms.